The van der Waals surface area contributed by atoms with Crippen molar-refractivity contribution in [2.45, 2.75) is 84.4 Å². The molecule has 1 heterocycles. The molecule has 3 unspecified atom stereocenters. The van der Waals surface area contributed by atoms with E-state index in [9.17, 15) is 4.79 Å². The summed E-state index contributed by atoms with van der Waals surface area (Å²) in [6.45, 7) is 14.4. The van der Waals surface area contributed by atoms with Crippen LogP contribution in [0, 0.1) is 17.3 Å². The van der Waals surface area contributed by atoms with E-state index in [0.717, 1.165) is 12.8 Å². The molecule has 1 amide bonds. The van der Waals surface area contributed by atoms with Gasteiger partial charge in [0, 0.05) is 23.8 Å². The van der Waals surface area contributed by atoms with Gasteiger partial charge < -0.3 is 9.47 Å². The minimum Gasteiger partial charge on any atom is -0.446 e. The lowest BCUT2D eigenvalue weighted by Gasteiger charge is -2.44. The second-order valence-electron chi connectivity index (χ2n) is 10.3. The Labute approximate surface area is 206 Å². The molecule has 2 fully saturated rings. The average molecular weight is 500 g/mol. The molecular weight excluding hydrogens is 465 g/mol. The molecule has 33 heavy (non-hydrogen) atoms. The summed E-state index contributed by atoms with van der Waals surface area (Å²) < 4.78 is 12.4. The summed E-state index contributed by atoms with van der Waals surface area (Å²) in [7, 11) is 0. The van der Waals surface area contributed by atoms with Crippen LogP contribution in [0.4, 0.5) is 10.5 Å². The molecule has 0 aromatic heterocycles. The van der Waals surface area contributed by atoms with Crippen molar-refractivity contribution in [3.63, 3.8) is 0 Å². The van der Waals surface area contributed by atoms with Gasteiger partial charge in [-0.15, -0.1) is 6.58 Å². The van der Waals surface area contributed by atoms with E-state index in [1.54, 1.807) is 18.2 Å². The van der Waals surface area contributed by atoms with Gasteiger partial charge in [0.2, 0.25) is 11.6 Å². The van der Waals surface area contributed by atoms with Crippen LogP contribution in [0.1, 0.15) is 66.7 Å². The number of ether oxygens (including phenoxy) is 2. The maximum absolute atomic E-state index is 12.7. The molecular formula is C25H35Cl2NO5. The minimum atomic E-state index is -0.988. The van der Waals surface area contributed by atoms with E-state index in [2.05, 4.69) is 39.6 Å². The highest BCUT2D eigenvalue weighted by Crippen LogP contribution is 2.51. The fraction of sp³-hybridized carbons (Fsp3) is 0.640. The summed E-state index contributed by atoms with van der Waals surface area (Å²) in [4.78, 5) is 24.4. The van der Waals surface area contributed by atoms with Gasteiger partial charge in [0.15, 0.2) is 0 Å². The lowest BCUT2D eigenvalue weighted by Crippen LogP contribution is -2.49. The van der Waals surface area contributed by atoms with Gasteiger partial charge in [-0.1, -0.05) is 57.0 Å². The highest BCUT2D eigenvalue weighted by atomic mass is 35.5. The number of nitrogens with one attached hydrogen (secondary N) is 1. The second-order valence-corrected chi connectivity index (χ2v) is 11.2. The van der Waals surface area contributed by atoms with Gasteiger partial charge in [-0.25, -0.2) is 4.79 Å². The van der Waals surface area contributed by atoms with E-state index in [1.165, 1.54) is 0 Å². The highest BCUT2D eigenvalue weighted by Gasteiger charge is 2.58. The summed E-state index contributed by atoms with van der Waals surface area (Å²) in [6.07, 6.45) is 4.16. The van der Waals surface area contributed by atoms with Gasteiger partial charge in [-0.3, -0.25) is 5.32 Å². The van der Waals surface area contributed by atoms with Crippen LogP contribution in [0.5, 0.6) is 0 Å². The predicted octanol–water partition coefficient (Wildman–Crippen LogP) is 7.75. The summed E-state index contributed by atoms with van der Waals surface area (Å²) in [6, 6.07) is 4.86. The molecule has 0 bridgehead atoms. The maximum Gasteiger partial charge on any atom is 0.411 e. The van der Waals surface area contributed by atoms with Gasteiger partial charge >= 0.3 is 6.09 Å². The zero-order chi connectivity index (χ0) is 24.4. The Bertz CT molecular complexity index is 873. The van der Waals surface area contributed by atoms with Crippen LogP contribution in [-0.2, 0) is 19.2 Å². The third-order valence-corrected chi connectivity index (χ3v) is 7.30. The summed E-state index contributed by atoms with van der Waals surface area (Å²) in [5.41, 5.74) is 0.352. The lowest BCUT2D eigenvalue weighted by atomic mass is 9.69. The molecule has 3 rings (SSSR count). The van der Waals surface area contributed by atoms with Crippen molar-refractivity contribution in [3.05, 3.63) is 40.9 Å². The topological polar surface area (TPSA) is 66.0 Å². The van der Waals surface area contributed by atoms with Gasteiger partial charge in [-0.05, 0) is 55.7 Å². The first kappa shape index (κ1) is 26.3. The molecule has 1 aromatic carbocycles. The maximum atomic E-state index is 12.7. The summed E-state index contributed by atoms with van der Waals surface area (Å²) in [5.74, 6) is -1.61. The fourth-order valence-electron chi connectivity index (χ4n) is 4.74. The number of carbonyl (C=O) groups excluding carboxylic acids is 1. The number of hydrogen-bond donors (Lipinski definition) is 1. The molecule has 1 aliphatic heterocycles. The fourth-order valence-corrected chi connectivity index (χ4v) is 5.08. The second kappa shape index (κ2) is 10.1. The van der Waals surface area contributed by atoms with Gasteiger partial charge in [0.1, 0.15) is 6.10 Å². The Balaban J connectivity index is 1.77. The number of carbonyl (C=O) groups is 1. The summed E-state index contributed by atoms with van der Waals surface area (Å²) >= 11 is 12.2. The van der Waals surface area contributed by atoms with Crippen LogP contribution < -0.4 is 5.32 Å². The van der Waals surface area contributed by atoms with Gasteiger partial charge in [-0.2, -0.15) is 9.78 Å². The molecule has 1 aromatic rings. The van der Waals surface area contributed by atoms with Crippen LogP contribution in [-0.4, -0.2) is 23.8 Å². The quantitative estimate of drug-likeness (QED) is 0.320. The predicted molar refractivity (Wildman–Crippen MR) is 130 cm³/mol. The molecule has 1 saturated carbocycles. The smallest absolute Gasteiger partial charge is 0.411 e. The van der Waals surface area contributed by atoms with E-state index in [1.807, 2.05) is 13.0 Å². The Morgan fingerprint density at radius 2 is 2.06 bits per heavy atom. The van der Waals surface area contributed by atoms with Crippen LogP contribution in [0.3, 0.4) is 0 Å². The highest BCUT2D eigenvalue weighted by molar-refractivity contribution is 6.35. The Hall–Kier alpha value is -1.31. The number of amides is 1. The van der Waals surface area contributed by atoms with E-state index in [4.69, 9.17) is 42.5 Å². The number of benzene rings is 1. The number of halogens is 2. The molecule has 184 valence electrons. The normalized spacial score (nSPS) is 30.8. The van der Waals surface area contributed by atoms with Crippen LogP contribution in [0.15, 0.2) is 30.9 Å². The Kier molecular flexibility index (Phi) is 8.07. The van der Waals surface area contributed by atoms with Crippen molar-refractivity contribution in [2.75, 3.05) is 5.32 Å². The Morgan fingerprint density at radius 3 is 2.70 bits per heavy atom. The molecule has 1 saturated heterocycles. The molecule has 0 radical (unpaired) electrons. The first-order chi connectivity index (χ1) is 15.4. The number of rotatable bonds is 6. The van der Waals surface area contributed by atoms with Crippen molar-refractivity contribution in [1.29, 1.82) is 0 Å². The van der Waals surface area contributed by atoms with E-state index in [-0.39, 0.29) is 17.3 Å². The third kappa shape index (κ3) is 6.23. The van der Waals surface area contributed by atoms with Gasteiger partial charge in [0.25, 0.3) is 0 Å². The molecule has 2 aliphatic rings. The molecule has 6 nitrogen and oxygen atoms in total. The number of hydrogen-bond acceptors (Lipinski definition) is 5. The molecule has 1 N–H and O–H groups in total. The standard InChI is InChI=1S/C25H35Cl2NO5/c1-7-9-16(8-2)24(6)31-25(33-32-24)14-17(23(3,4)5)12-19(15-25)30-22(29)28-21-13-18(26)10-11-20(21)27/h7,10-11,13,16-17,19H,1,8-9,12,14-15H2,2-6H3,(H,28,29)/t16?,17-,19-,24?,25?/m0/s1. The lowest BCUT2D eigenvalue weighted by molar-refractivity contribution is -0.364. The molecule has 5 atom stereocenters. The van der Waals surface area contributed by atoms with E-state index in [0.29, 0.717) is 35.0 Å². The first-order valence-corrected chi connectivity index (χ1v) is 12.3. The number of anilines is 1. The van der Waals surface area contributed by atoms with Crippen molar-refractivity contribution >= 4 is 35.0 Å². The Morgan fingerprint density at radius 1 is 1.33 bits per heavy atom. The van der Waals surface area contributed by atoms with E-state index >= 15 is 0 Å². The number of allylic oxidation sites excluding steroid dienone is 1. The van der Waals surface area contributed by atoms with Crippen molar-refractivity contribution in [3.8, 4) is 0 Å². The first-order valence-electron chi connectivity index (χ1n) is 11.5. The molecule has 8 heteroatoms. The third-order valence-electron chi connectivity index (χ3n) is 6.74. The van der Waals surface area contributed by atoms with Crippen molar-refractivity contribution < 1.29 is 24.0 Å². The van der Waals surface area contributed by atoms with Crippen LogP contribution in [0.2, 0.25) is 10.0 Å². The molecule has 1 spiro atoms. The van der Waals surface area contributed by atoms with Crippen LogP contribution >= 0.6 is 23.2 Å². The SMILES string of the molecule is C=CCC(CC)C1(C)OOC2(C[C@@H](OC(=O)Nc3cc(Cl)ccc3Cl)C[C@H](C(C)(C)C)C2)O1. The zero-order valence-electron chi connectivity index (χ0n) is 20.1. The monoisotopic (exact) mass is 499 g/mol. The minimum absolute atomic E-state index is 0.0429. The van der Waals surface area contributed by atoms with Gasteiger partial charge in [0.05, 0.1) is 10.7 Å². The summed E-state index contributed by atoms with van der Waals surface area (Å²) in [5, 5.41) is 3.53. The largest absolute Gasteiger partial charge is 0.446 e. The molecule has 1 aliphatic carbocycles. The van der Waals surface area contributed by atoms with Crippen LogP contribution in [0.25, 0.3) is 0 Å². The van der Waals surface area contributed by atoms with Crippen molar-refractivity contribution in [1.82, 2.24) is 0 Å². The van der Waals surface area contributed by atoms with Crippen molar-refractivity contribution in [2.24, 2.45) is 17.3 Å². The average Bonchev–Trinajstić information content (AvgIpc) is 3.04. The van der Waals surface area contributed by atoms with E-state index < -0.39 is 23.8 Å². The zero-order valence-corrected chi connectivity index (χ0v) is 21.6.